The summed E-state index contributed by atoms with van der Waals surface area (Å²) in [6.45, 7) is 3.31. The summed E-state index contributed by atoms with van der Waals surface area (Å²) < 4.78 is 37.3. The van der Waals surface area contributed by atoms with Gasteiger partial charge in [0.1, 0.15) is 13.2 Å². The molecule has 0 radical (unpaired) electrons. The van der Waals surface area contributed by atoms with Crippen LogP contribution in [0.4, 0.5) is 0 Å². The zero-order chi connectivity index (χ0) is 13.3. The molecule has 1 aromatic rings. The first-order valence-corrected chi connectivity index (χ1v) is 7.72. The van der Waals surface area contributed by atoms with Crippen molar-refractivity contribution in [2.24, 2.45) is 0 Å². The van der Waals surface area contributed by atoms with Crippen molar-refractivity contribution in [1.82, 2.24) is 9.62 Å². The van der Waals surface area contributed by atoms with E-state index < -0.39 is 10.0 Å². The number of hydrogen-bond acceptors (Lipinski definition) is 5. The summed E-state index contributed by atoms with van der Waals surface area (Å²) in [7, 11) is -3.44. The molecule has 1 saturated heterocycles. The molecule has 0 spiro atoms. The summed E-state index contributed by atoms with van der Waals surface area (Å²) in [5.41, 5.74) is 0. The zero-order valence-electron chi connectivity index (χ0n) is 10.8. The largest absolute Gasteiger partial charge is 1.00 e. The maximum Gasteiger partial charge on any atom is 0.243 e. The SMILES string of the molecule is O=S(=O)(c1ccc2c(c1)OCCO2)N1CCNCC1.[Cl-]. The molecule has 0 aliphatic carbocycles. The quantitative estimate of drug-likeness (QED) is 0.631. The average molecular weight is 320 g/mol. The minimum atomic E-state index is -3.44. The number of benzene rings is 1. The number of halogens is 1. The van der Waals surface area contributed by atoms with E-state index >= 15 is 0 Å². The summed E-state index contributed by atoms with van der Waals surface area (Å²) >= 11 is 0. The van der Waals surface area contributed by atoms with Gasteiger partial charge in [-0.1, -0.05) is 0 Å². The topological polar surface area (TPSA) is 67.9 Å². The normalized spacial score (nSPS) is 19.2. The Morgan fingerprint density at radius 3 is 2.40 bits per heavy atom. The molecule has 6 nitrogen and oxygen atoms in total. The van der Waals surface area contributed by atoms with Crippen LogP contribution in [-0.2, 0) is 10.0 Å². The molecule has 0 saturated carbocycles. The molecular formula is C12H16ClN2O4S-. The molecule has 2 heterocycles. The lowest BCUT2D eigenvalue weighted by Crippen LogP contribution is -3.00. The van der Waals surface area contributed by atoms with Crippen molar-refractivity contribution in [2.45, 2.75) is 4.90 Å². The fraction of sp³-hybridized carbons (Fsp3) is 0.500. The van der Waals surface area contributed by atoms with Crippen LogP contribution in [0, 0.1) is 0 Å². The first-order chi connectivity index (χ1) is 9.18. The van der Waals surface area contributed by atoms with Gasteiger partial charge in [0, 0.05) is 32.2 Å². The molecule has 0 bridgehead atoms. The molecule has 20 heavy (non-hydrogen) atoms. The van der Waals surface area contributed by atoms with Crippen LogP contribution in [0.2, 0.25) is 0 Å². The van der Waals surface area contributed by atoms with Crippen molar-refractivity contribution in [1.29, 1.82) is 0 Å². The molecule has 8 heteroatoms. The number of hydrogen-bond donors (Lipinski definition) is 1. The Morgan fingerprint density at radius 1 is 1.05 bits per heavy atom. The lowest BCUT2D eigenvalue weighted by molar-refractivity contribution is -0.00000699. The maximum atomic E-state index is 12.5. The van der Waals surface area contributed by atoms with Crippen molar-refractivity contribution in [3.05, 3.63) is 18.2 Å². The van der Waals surface area contributed by atoms with E-state index in [1.165, 1.54) is 4.31 Å². The second kappa shape index (κ2) is 6.17. The summed E-state index contributed by atoms with van der Waals surface area (Å²) in [6.07, 6.45) is 0. The van der Waals surface area contributed by atoms with E-state index in [2.05, 4.69) is 5.32 Å². The van der Waals surface area contributed by atoms with Gasteiger partial charge in [-0.25, -0.2) is 8.42 Å². The lowest BCUT2D eigenvalue weighted by atomic mass is 10.3. The second-order valence-electron chi connectivity index (χ2n) is 4.46. The van der Waals surface area contributed by atoms with E-state index in [9.17, 15) is 8.42 Å². The highest BCUT2D eigenvalue weighted by molar-refractivity contribution is 7.89. The predicted octanol–water partition coefficient (Wildman–Crippen LogP) is -2.94. The molecule has 0 unspecified atom stereocenters. The molecule has 0 amide bonds. The summed E-state index contributed by atoms with van der Waals surface area (Å²) in [6, 6.07) is 4.78. The fourth-order valence-corrected chi connectivity index (χ4v) is 3.68. The molecule has 1 N–H and O–H groups in total. The molecule has 3 rings (SSSR count). The number of ether oxygens (including phenoxy) is 2. The van der Waals surface area contributed by atoms with Crippen LogP contribution < -0.4 is 27.2 Å². The van der Waals surface area contributed by atoms with Gasteiger partial charge in [-0.05, 0) is 12.1 Å². The van der Waals surface area contributed by atoms with Gasteiger partial charge in [0.2, 0.25) is 10.0 Å². The van der Waals surface area contributed by atoms with E-state index in [1.54, 1.807) is 18.2 Å². The van der Waals surface area contributed by atoms with E-state index in [-0.39, 0.29) is 17.3 Å². The van der Waals surface area contributed by atoms with Crippen molar-refractivity contribution in [3.63, 3.8) is 0 Å². The van der Waals surface area contributed by atoms with Crippen LogP contribution in [0.1, 0.15) is 0 Å². The van der Waals surface area contributed by atoms with Gasteiger partial charge in [-0.3, -0.25) is 0 Å². The summed E-state index contributed by atoms with van der Waals surface area (Å²) in [5, 5.41) is 3.14. The number of nitrogens with one attached hydrogen (secondary N) is 1. The lowest BCUT2D eigenvalue weighted by Gasteiger charge is -2.27. The third-order valence-electron chi connectivity index (χ3n) is 3.23. The number of rotatable bonds is 2. The number of piperazine rings is 1. The van der Waals surface area contributed by atoms with Gasteiger partial charge in [0.15, 0.2) is 11.5 Å². The van der Waals surface area contributed by atoms with Crippen LogP contribution >= 0.6 is 0 Å². The van der Waals surface area contributed by atoms with E-state index in [4.69, 9.17) is 9.47 Å². The average Bonchev–Trinajstić information content (AvgIpc) is 2.47. The minimum absolute atomic E-state index is 0. The van der Waals surface area contributed by atoms with Gasteiger partial charge in [0.25, 0.3) is 0 Å². The van der Waals surface area contributed by atoms with Gasteiger partial charge < -0.3 is 27.2 Å². The standard InChI is InChI=1S/C12H16N2O4S.ClH/c15-19(16,14-5-3-13-4-6-14)10-1-2-11-12(9-10)18-8-7-17-11;/h1-2,9,13H,3-8H2;1H/p-1. The van der Waals surface area contributed by atoms with Gasteiger partial charge in [0.05, 0.1) is 4.90 Å². The molecule has 2 aliphatic rings. The van der Waals surface area contributed by atoms with Gasteiger partial charge >= 0.3 is 0 Å². The van der Waals surface area contributed by atoms with E-state index in [1.807, 2.05) is 0 Å². The van der Waals surface area contributed by atoms with Crippen LogP contribution in [0.25, 0.3) is 0 Å². The van der Waals surface area contributed by atoms with Crippen molar-refractivity contribution < 1.29 is 30.3 Å². The molecule has 1 aromatic carbocycles. The number of fused-ring (bicyclic) bond motifs is 1. The fourth-order valence-electron chi connectivity index (χ4n) is 2.22. The molecule has 0 atom stereocenters. The van der Waals surface area contributed by atoms with Crippen molar-refractivity contribution in [3.8, 4) is 11.5 Å². The van der Waals surface area contributed by atoms with Gasteiger partial charge in [-0.2, -0.15) is 4.31 Å². The van der Waals surface area contributed by atoms with Gasteiger partial charge in [-0.15, -0.1) is 0 Å². The Morgan fingerprint density at radius 2 is 1.70 bits per heavy atom. The van der Waals surface area contributed by atoms with E-state index in [0.717, 1.165) is 0 Å². The number of nitrogens with zero attached hydrogens (tertiary/aromatic N) is 1. The maximum absolute atomic E-state index is 12.5. The predicted molar refractivity (Wildman–Crippen MR) is 69.1 cm³/mol. The number of sulfonamides is 1. The zero-order valence-corrected chi connectivity index (χ0v) is 12.4. The Labute approximate surface area is 124 Å². The highest BCUT2D eigenvalue weighted by atomic mass is 35.5. The Balaban J connectivity index is 0.00000147. The third-order valence-corrected chi connectivity index (χ3v) is 5.12. The first kappa shape index (κ1) is 15.4. The summed E-state index contributed by atoms with van der Waals surface area (Å²) in [4.78, 5) is 0.263. The Kier molecular flexibility index (Phi) is 4.74. The van der Waals surface area contributed by atoms with Crippen LogP contribution in [0.5, 0.6) is 11.5 Å². The molecule has 0 aromatic heterocycles. The van der Waals surface area contributed by atoms with Crippen LogP contribution in [0.15, 0.2) is 23.1 Å². The third kappa shape index (κ3) is 2.85. The van der Waals surface area contributed by atoms with Crippen molar-refractivity contribution in [2.75, 3.05) is 39.4 Å². The van der Waals surface area contributed by atoms with Crippen LogP contribution in [0.3, 0.4) is 0 Å². The first-order valence-electron chi connectivity index (χ1n) is 6.28. The molecule has 112 valence electrons. The smallest absolute Gasteiger partial charge is 0.243 e. The highest BCUT2D eigenvalue weighted by Crippen LogP contribution is 2.33. The highest BCUT2D eigenvalue weighted by Gasteiger charge is 2.27. The monoisotopic (exact) mass is 319 g/mol. The van der Waals surface area contributed by atoms with Crippen LogP contribution in [-0.4, -0.2) is 52.1 Å². The molecule has 2 aliphatic heterocycles. The second-order valence-corrected chi connectivity index (χ2v) is 6.40. The Bertz CT molecular complexity index is 573. The molecule has 1 fully saturated rings. The summed E-state index contributed by atoms with van der Waals surface area (Å²) in [5.74, 6) is 1.10. The van der Waals surface area contributed by atoms with E-state index in [0.29, 0.717) is 50.9 Å². The minimum Gasteiger partial charge on any atom is -1.00 e. The van der Waals surface area contributed by atoms with Crippen molar-refractivity contribution >= 4 is 10.0 Å². The Hall–Kier alpha value is -1.02. The molecular weight excluding hydrogens is 304 g/mol.